The fourth-order valence-electron chi connectivity index (χ4n) is 1.55. The standard InChI is InChI=1S/C11H16N4OS/c1-9-3-4-10(17-9)7-12-5-6-15-11(16)14(2)8-13-15/h3-4,8,12H,5-7H2,1-2H3. The molecule has 1 N–H and O–H groups in total. The predicted molar refractivity (Wildman–Crippen MR) is 68.2 cm³/mol. The summed E-state index contributed by atoms with van der Waals surface area (Å²) < 4.78 is 2.94. The van der Waals surface area contributed by atoms with Gasteiger partial charge in [-0.25, -0.2) is 9.48 Å². The number of rotatable bonds is 5. The average Bonchev–Trinajstić information content (AvgIpc) is 2.84. The largest absolute Gasteiger partial charge is 0.345 e. The Hall–Kier alpha value is -1.40. The number of nitrogens with one attached hydrogen (secondary N) is 1. The minimum atomic E-state index is -0.0706. The van der Waals surface area contributed by atoms with Gasteiger partial charge in [0.25, 0.3) is 0 Å². The van der Waals surface area contributed by atoms with Crippen molar-refractivity contribution in [2.24, 2.45) is 7.05 Å². The minimum absolute atomic E-state index is 0.0706. The molecule has 2 aromatic heterocycles. The van der Waals surface area contributed by atoms with Gasteiger partial charge < -0.3 is 5.32 Å². The molecule has 2 aromatic rings. The zero-order chi connectivity index (χ0) is 12.3. The molecule has 0 saturated heterocycles. The summed E-state index contributed by atoms with van der Waals surface area (Å²) in [5, 5.41) is 7.30. The number of nitrogens with zero attached hydrogens (tertiary/aromatic N) is 3. The van der Waals surface area contributed by atoms with E-state index in [9.17, 15) is 4.79 Å². The summed E-state index contributed by atoms with van der Waals surface area (Å²) in [6.07, 6.45) is 1.53. The van der Waals surface area contributed by atoms with E-state index < -0.39 is 0 Å². The van der Waals surface area contributed by atoms with Crippen LogP contribution in [0.4, 0.5) is 0 Å². The Morgan fingerprint density at radius 1 is 1.47 bits per heavy atom. The molecule has 0 radical (unpaired) electrons. The van der Waals surface area contributed by atoms with Gasteiger partial charge in [0, 0.05) is 29.9 Å². The Kier molecular flexibility index (Phi) is 3.75. The lowest BCUT2D eigenvalue weighted by Crippen LogP contribution is -2.28. The van der Waals surface area contributed by atoms with E-state index in [1.807, 2.05) is 0 Å². The summed E-state index contributed by atoms with van der Waals surface area (Å²) in [4.78, 5) is 14.1. The normalized spacial score (nSPS) is 10.9. The number of hydrogen-bond donors (Lipinski definition) is 1. The molecule has 92 valence electrons. The van der Waals surface area contributed by atoms with E-state index in [1.54, 1.807) is 18.4 Å². The van der Waals surface area contributed by atoms with Crippen molar-refractivity contribution >= 4 is 11.3 Å². The zero-order valence-corrected chi connectivity index (χ0v) is 10.8. The minimum Gasteiger partial charge on any atom is -0.310 e. The molecule has 0 amide bonds. The molecule has 0 unspecified atom stereocenters. The number of hydrogen-bond acceptors (Lipinski definition) is 4. The second kappa shape index (κ2) is 5.29. The number of aryl methyl sites for hydroxylation is 2. The van der Waals surface area contributed by atoms with Gasteiger partial charge >= 0.3 is 5.69 Å². The molecule has 0 aromatic carbocycles. The van der Waals surface area contributed by atoms with Gasteiger partial charge in [-0.3, -0.25) is 4.57 Å². The lowest BCUT2D eigenvalue weighted by atomic mass is 10.4. The fourth-order valence-corrected chi connectivity index (χ4v) is 2.41. The van der Waals surface area contributed by atoms with E-state index in [1.165, 1.54) is 25.3 Å². The third-order valence-electron chi connectivity index (χ3n) is 2.48. The van der Waals surface area contributed by atoms with E-state index in [2.05, 4.69) is 29.5 Å². The van der Waals surface area contributed by atoms with Gasteiger partial charge in [0.1, 0.15) is 6.33 Å². The van der Waals surface area contributed by atoms with Gasteiger partial charge in [0.15, 0.2) is 0 Å². The van der Waals surface area contributed by atoms with Gasteiger partial charge in [-0.1, -0.05) is 0 Å². The van der Waals surface area contributed by atoms with Crippen molar-refractivity contribution in [1.82, 2.24) is 19.7 Å². The maximum Gasteiger partial charge on any atom is 0.345 e. The van der Waals surface area contributed by atoms with Crippen LogP contribution in [0.2, 0.25) is 0 Å². The van der Waals surface area contributed by atoms with Crippen LogP contribution < -0.4 is 11.0 Å². The molecule has 5 nitrogen and oxygen atoms in total. The van der Waals surface area contributed by atoms with E-state index in [0.29, 0.717) is 6.54 Å². The lowest BCUT2D eigenvalue weighted by molar-refractivity contribution is 0.538. The van der Waals surface area contributed by atoms with Crippen LogP contribution in [0.5, 0.6) is 0 Å². The van der Waals surface area contributed by atoms with E-state index in [0.717, 1.165) is 13.1 Å². The SMILES string of the molecule is Cc1ccc(CNCCn2ncn(C)c2=O)s1. The maximum absolute atomic E-state index is 11.5. The molecule has 0 saturated carbocycles. The Morgan fingerprint density at radius 3 is 2.88 bits per heavy atom. The zero-order valence-electron chi connectivity index (χ0n) is 10.0. The number of thiophene rings is 1. The van der Waals surface area contributed by atoms with Crippen LogP contribution in [0.3, 0.4) is 0 Å². The van der Waals surface area contributed by atoms with E-state index in [-0.39, 0.29) is 5.69 Å². The first-order valence-corrected chi connectivity index (χ1v) is 6.33. The second-order valence-corrected chi connectivity index (χ2v) is 5.31. The van der Waals surface area contributed by atoms with Crippen molar-refractivity contribution in [3.8, 4) is 0 Å². The van der Waals surface area contributed by atoms with Crippen molar-refractivity contribution in [1.29, 1.82) is 0 Å². The predicted octanol–water partition coefficient (Wildman–Crippen LogP) is 0.742. The van der Waals surface area contributed by atoms with Gasteiger partial charge in [0.05, 0.1) is 6.54 Å². The molecule has 6 heteroatoms. The van der Waals surface area contributed by atoms with Gasteiger partial charge in [0.2, 0.25) is 0 Å². The molecule has 0 aliphatic rings. The van der Waals surface area contributed by atoms with Gasteiger partial charge in [-0.2, -0.15) is 5.10 Å². The highest BCUT2D eigenvalue weighted by Gasteiger charge is 2.00. The Labute approximate surface area is 104 Å². The molecule has 0 fully saturated rings. The van der Waals surface area contributed by atoms with Gasteiger partial charge in [-0.15, -0.1) is 11.3 Å². The first kappa shape index (κ1) is 12.1. The molecule has 0 aliphatic carbocycles. The third-order valence-corrected chi connectivity index (χ3v) is 3.48. The monoisotopic (exact) mass is 252 g/mol. The smallest absolute Gasteiger partial charge is 0.310 e. The maximum atomic E-state index is 11.5. The Morgan fingerprint density at radius 2 is 2.29 bits per heavy atom. The fraction of sp³-hybridized carbons (Fsp3) is 0.455. The molecule has 0 spiro atoms. The van der Waals surface area contributed by atoms with E-state index >= 15 is 0 Å². The summed E-state index contributed by atoms with van der Waals surface area (Å²) in [6, 6.07) is 4.24. The molecule has 0 aliphatic heterocycles. The van der Waals surface area contributed by atoms with Crippen LogP contribution in [-0.4, -0.2) is 20.9 Å². The topological polar surface area (TPSA) is 51.9 Å². The van der Waals surface area contributed by atoms with Crippen LogP contribution in [0.15, 0.2) is 23.3 Å². The van der Waals surface area contributed by atoms with Gasteiger partial charge in [-0.05, 0) is 19.1 Å². The van der Waals surface area contributed by atoms with Crippen LogP contribution in [0.25, 0.3) is 0 Å². The van der Waals surface area contributed by atoms with E-state index in [4.69, 9.17) is 0 Å². The highest BCUT2D eigenvalue weighted by Crippen LogP contribution is 2.14. The third kappa shape index (κ3) is 3.04. The molecular weight excluding hydrogens is 236 g/mol. The summed E-state index contributed by atoms with van der Waals surface area (Å²) in [6.45, 7) is 4.29. The van der Waals surface area contributed by atoms with Crippen LogP contribution in [0.1, 0.15) is 9.75 Å². The summed E-state index contributed by atoms with van der Waals surface area (Å²) in [5.74, 6) is 0. The summed E-state index contributed by atoms with van der Waals surface area (Å²) in [7, 11) is 1.70. The summed E-state index contributed by atoms with van der Waals surface area (Å²) in [5.41, 5.74) is -0.0706. The molecule has 0 bridgehead atoms. The summed E-state index contributed by atoms with van der Waals surface area (Å²) >= 11 is 1.79. The van der Waals surface area contributed by atoms with Crippen molar-refractivity contribution in [3.05, 3.63) is 38.7 Å². The quantitative estimate of drug-likeness (QED) is 0.799. The first-order chi connectivity index (χ1) is 8.16. The van der Waals surface area contributed by atoms with Crippen molar-refractivity contribution in [2.45, 2.75) is 20.0 Å². The van der Waals surface area contributed by atoms with Crippen LogP contribution in [0, 0.1) is 6.92 Å². The Bertz CT molecular complexity index is 540. The first-order valence-electron chi connectivity index (χ1n) is 5.51. The molecule has 2 rings (SSSR count). The second-order valence-electron chi connectivity index (χ2n) is 3.94. The molecular formula is C11H16N4OS. The average molecular weight is 252 g/mol. The van der Waals surface area contributed by atoms with Crippen LogP contribution >= 0.6 is 11.3 Å². The molecule has 0 atom stereocenters. The lowest BCUT2D eigenvalue weighted by Gasteiger charge is -2.02. The molecule has 2 heterocycles. The Balaban J connectivity index is 1.77. The highest BCUT2D eigenvalue weighted by molar-refractivity contribution is 7.11. The van der Waals surface area contributed by atoms with Crippen molar-refractivity contribution in [2.75, 3.05) is 6.54 Å². The highest BCUT2D eigenvalue weighted by atomic mass is 32.1. The van der Waals surface area contributed by atoms with Crippen LogP contribution in [-0.2, 0) is 20.1 Å². The van der Waals surface area contributed by atoms with Crippen molar-refractivity contribution in [3.63, 3.8) is 0 Å². The number of aromatic nitrogens is 3. The van der Waals surface area contributed by atoms with Crippen molar-refractivity contribution < 1.29 is 0 Å². The molecule has 17 heavy (non-hydrogen) atoms.